The number of anilines is 2. The molecule has 1 rings (SSSR count). The van der Waals surface area contributed by atoms with Crippen LogP contribution >= 0.6 is 0 Å². The van der Waals surface area contributed by atoms with Gasteiger partial charge >= 0.3 is 11.7 Å². The standard InChI is InChI=1S/C11H15N3O4/c1-3-18-11(15)7(2)13-9-6-4-5-8(12)10(9)14(16)17/h4-7,13H,3,12H2,1-2H3. The third-order valence-corrected chi connectivity index (χ3v) is 2.26. The third kappa shape index (κ3) is 3.09. The third-order valence-electron chi connectivity index (χ3n) is 2.26. The molecule has 0 radical (unpaired) electrons. The number of nitrogen functional groups attached to an aromatic ring is 1. The average Bonchev–Trinajstić information content (AvgIpc) is 2.28. The smallest absolute Gasteiger partial charge is 0.328 e. The molecule has 0 saturated carbocycles. The van der Waals surface area contributed by atoms with E-state index in [4.69, 9.17) is 10.5 Å². The highest BCUT2D eigenvalue weighted by molar-refractivity contribution is 5.82. The van der Waals surface area contributed by atoms with Crippen molar-refractivity contribution < 1.29 is 14.5 Å². The topological polar surface area (TPSA) is 107 Å². The largest absolute Gasteiger partial charge is 0.464 e. The molecule has 0 heterocycles. The van der Waals surface area contributed by atoms with Crippen molar-refractivity contribution >= 4 is 23.0 Å². The van der Waals surface area contributed by atoms with Crippen LogP contribution in [-0.2, 0) is 9.53 Å². The number of nitro benzene ring substituents is 1. The van der Waals surface area contributed by atoms with E-state index in [0.29, 0.717) is 0 Å². The molecule has 1 atom stereocenters. The Hall–Kier alpha value is -2.31. The highest BCUT2D eigenvalue weighted by Crippen LogP contribution is 2.30. The Morgan fingerprint density at radius 3 is 2.83 bits per heavy atom. The van der Waals surface area contributed by atoms with E-state index >= 15 is 0 Å². The highest BCUT2D eigenvalue weighted by atomic mass is 16.6. The van der Waals surface area contributed by atoms with Crippen LogP contribution in [0.4, 0.5) is 17.1 Å². The summed E-state index contributed by atoms with van der Waals surface area (Å²) in [7, 11) is 0. The van der Waals surface area contributed by atoms with Crippen molar-refractivity contribution in [1.82, 2.24) is 0 Å². The zero-order valence-corrected chi connectivity index (χ0v) is 10.2. The molecule has 0 aliphatic heterocycles. The minimum absolute atomic E-state index is 0.0426. The molecule has 18 heavy (non-hydrogen) atoms. The van der Waals surface area contributed by atoms with E-state index in [0.717, 1.165) is 0 Å². The molecule has 7 nitrogen and oxygen atoms in total. The van der Waals surface area contributed by atoms with Gasteiger partial charge in [0.25, 0.3) is 0 Å². The summed E-state index contributed by atoms with van der Waals surface area (Å²) >= 11 is 0. The molecule has 0 aromatic heterocycles. The fraction of sp³-hybridized carbons (Fsp3) is 0.364. The number of carbonyl (C=O) groups excluding carboxylic acids is 1. The van der Waals surface area contributed by atoms with E-state index in [1.807, 2.05) is 0 Å². The van der Waals surface area contributed by atoms with Gasteiger partial charge in [0.15, 0.2) is 0 Å². The number of carbonyl (C=O) groups is 1. The molecule has 0 fully saturated rings. The molecule has 0 aliphatic carbocycles. The van der Waals surface area contributed by atoms with Crippen LogP contribution in [0, 0.1) is 10.1 Å². The van der Waals surface area contributed by atoms with Crippen LogP contribution in [-0.4, -0.2) is 23.5 Å². The number of nitrogens with one attached hydrogen (secondary N) is 1. The molecular weight excluding hydrogens is 238 g/mol. The number of ether oxygens (including phenoxy) is 1. The lowest BCUT2D eigenvalue weighted by Crippen LogP contribution is -2.28. The first-order valence-electron chi connectivity index (χ1n) is 5.43. The normalized spacial score (nSPS) is 11.7. The molecule has 1 aromatic carbocycles. The Morgan fingerprint density at radius 2 is 2.28 bits per heavy atom. The predicted molar refractivity (Wildman–Crippen MR) is 67.2 cm³/mol. The first-order valence-corrected chi connectivity index (χ1v) is 5.43. The van der Waals surface area contributed by atoms with Crippen LogP contribution in [0.1, 0.15) is 13.8 Å². The SMILES string of the molecule is CCOC(=O)C(C)Nc1cccc(N)c1[N+](=O)[O-]. The Bertz CT molecular complexity index is 462. The Balaban J connectivity index is 2.94. The summed E-state index contributed by atoms with van der Waals surface area (Å²) in [6.07, 6.45) is 0. The van der Waals surface area contributed by atoms with E-state index < -0.39 is 16.9 Å². The Morgan fingerprint density at radius 1 is 1.61 bits per heavy atom. The second-order valence-electron chi connectivity index (χ2n) is 3.62. The number of nitro groups is 1. The number of hydrogen-bond donors (Lipinski definition) is 2. The summed E-state index contributed by atoms with van der Waals surface area (Å²) in [5.74, 6) is -0.478. The van der Waals surface area contributed by atoms with Gasteiger partial charge in [0.05, 0.1) is 11.5 Å². The second-order valence-corrected chi connectivity index (χ2v) is 3.62. The number of esters is 1. The van der Waals surface area contributed by atoms with Gasteiger partial charge in [0.1, 0.15) is 17.4 Å². The van der Waals surface area contributed by atoms with Crippen molar-refractivity contribution in [3.8, 4) is 0 Å². The van der Waals surface area contributed by atoms with Crippen LogP contribution in [0.15, 0.2) is 18.2 Å². The first-order chi connectivity index (χ1) is 8.47. The number of benzene rings is 1. The molecule has 0 aliphatic rings. The summed E-state index contributed by atoms with van der Waals surface area (Å²) in [5.41, 5.74) is 5.53. The van der Waals surface area contributed by atoms with Crippen molar-refractivity contribution in [2.75, 3.05) is 17.7 Å². The van der Waals surface area contributed by atoms with Crippen molar-refractivity contribution in [2.45, 2.75) is 19.9 Å². The maximum atomic E-state index is 11.4. The van der Waals surface area contributed by atoms with Gasteiger partial charge in [-0.2, -0.15) is 0 Å². The summed E-state index contributed by atoms with van der Waals surface area (Å²) in [6, 6.07) is 3.80. The predicted octanol–water partition coefficient (Wildman–Crippen LogP) is 1.54. The van der Waals surface area contributed by atoms with E-state index in [2.05, 4.69) is 5.32 Å². The molecule has 3 N–H and O–H groups in total. The lowest BCUT2D eigenvalue weighted by Gasteiger charge is -2.14. The monoisotopic (exact) mass is 253 g/mol. The summed E-state index contributed by atoms with van der Waals surface area (Å²) < 4.78 is 4.80. The lowest BCUT2D eigenvalue weighted by atomic mass is 10.2. The fourth-order valence-electron chi connectivity index (χ4n) is 1.44. The number of nitrogens with zero attached hydrogens (tertiary/aromatic N) is 1. The minimum Gasteiger partial charge on any atom is -0.464 e. The zero-order valence-electron chi connectivity index (χ0n) is 10.2. The molecule has 1 unspecified atom stereocenters. The quantitative estimate of drug-likeness (QED) is 0.356. The number of nitrogens with two attached hydrogens (primary N) is 1. The number of hydrogen-bond acceptors (Lipinski definition) is 6. The molecule has 98 valence electrons. The summed E-state index contributed by atoms with van der Waals surface area (Å²) in [6.45, 7) is 3.50. The van der Waals surface area contributed by atoms with Gasteiger partial charge in [-0.3, -0.25) is 10.1 Å². The van der Waals surface area contributed by atoms with Crippen LogP contribution in [0.25, 0.3) is 0 Å². The first kappa shape index (κ1) is 13.8. The number of rotatable bonds is 5. The van der Waals surface area contributed by atoms with E-state index in [1.165, 1.54) is 12.1 Å². The van der Waals surface area contributed by atoms with Crippen molar-refractivity contribution in [1.29, 1.82) is 0 Å². The maximum Gasteiger partial charge on any atom is 0.328 e. The number of para-hydroxylation sites is 1. The van der Waals surface area contributed by atoms with Crippen molar-refractivity contribution in [3.63, 3.8) is 0 Å². The van der Waals surface area contributed by atoms with Gasteiger partial charge in [-0.25, -0.2) is 4.79 Å². The molecule has 1 aromatic rings. The van der Waals surface area contributed by atoms with Gasteiger partial charge in [-0.05, 0) is 26.0 Å². The summed E-state index contributed by atoms with van der Waals surface area (Å²) in [5, 5.41) is 13.6. The zero-order chi connectivity index (χ0) is 13.7. The Kier molecular flexibility index (Phi) is 4.47. The van der Waals surface area contributed by atoms with Gasteiger partial charge in [0, 0.05) is 0 Å². The molecule has 0 amide bonds. The maximum absolute atomic E-state index is 11.4. The van der Waals surface area contributed by atoms with E-state index in [-0.39, 0.29) is 23.7 Å². The molecular formula is C11H15N3O4. The van der Waals surface area contributed by atoms with Crippen LogP contribution < -0.4 is 11.1 Å². The van der Waals surface area contributed by atoms with E-state index in [9.17, 15) is 14.9 Å². The lowest BCUT2D eigenvalue weighted by molar-refractivity contribution is -0.383. The molecule has 0 saturated heterocycles. The van der Waals surface area contributed by atoms with Gasteiger partial charge in [-0.1, -0.05) is 6.07 Å². The fourth-order valence-corrected chi connectivity index (χ4v) is 1.44. The van der Waals surface area contributed by atoms with Gasteiger partial charge in [0.2, 0.25) is 0 Å². The van der Waals surface area contributed by atoms with Gasteiger partial charge in [-0.15, -0.1) is 0 Å². The second kappa shape index (κ2) is 5.85. The van der Waals surface area contributed by atoms with Gasteiger partial charge < -0.3 is 15.8 Å². The van der Waals surface area contributed by atoms with Crippen molar-refractivity contribution in [2.24, 2.45) is 0 Å². The Labute approximate surface area is 104 Å². The molecule has 0 spiro atoms. The van der Waals surface area contributed by atoms with Crippen LogP contribution in [0.2, 0.25) is 0 Å². The van der Waals surface area contributed by atoms with Crippen LogP contribution in [0.3, 0.4) is 0 Å². The summed E-state index contributed by atoms with van der Waals surface area (Å²) in [4.78, 5) is 21.7. The van der Waals surface area contributed by atoms with Crippen LogP contribution in [0.5, 0.6) is 0 Å². The highest BCUT2D eigenvalue weighted by Gasteiger charge is 2.21. The minimum atomic E-state index is -0.689. The van der Waals surface area contributed by atoms with E-state index in [1.54, 1.807) is 19.9 Å². The molecule has 7 heteroatoms. The average molecular weight is 253 g/mol. The van der Waals surface area contributed by atoms with Crippen molar-refractivity contribution in [3.05, 3.63) is 28.3 Å². The molecule has 0 bridgehead atoms.